The molecule has 0 aliphatic carbocycles. The van der Waals surface area contributed by atoms with Crippen molar-refractivity contribution in [1.29, 1.82) is 0 Å². The van der Waals surface area contributed by atoms with E-state index in [1.165, 1.54) is 0 Å². The van der Waals surface area contributed by atoms with Gasteiger partial charge in [0.1, 0.15) is 5.75 Å². The molecule has 1 N–H and O–H groups in total. The minimum atomic E-state index is -0.296. The topological polar surface area (TPSA) is 38.7 Å². The first-order valence-electron chi connectivity index (χ1n) is 6.21. The fourth-order valence-electron chi connectivity index (χ4n) is 2.41. The number of benzene rings is 1. The lowest BCUT2D eigenvalue weighted by atomic mass is 9.86. The van der Waals surface area contributed by atoms with Crippen LogP contribution in [0.2, 0.25) is 0 Å². The molecule has 2 atom stereocenters. The molecule has 0 amide bonds. The second-order valence-electron chi connectivity index (χ2n) is 4.48. The van der Waals surface area contributed by atoms with E-state index < -0.39 is 0 Å². The molecule has 1 heterocycles. The van der Waals surface area contributed by atoms with Crippen LogP contribution in [-0.4, -0.2) is 31.5 Å². The van der Waals surface area contributed by atoms with Gasteiger partial charge in [0.15, 0.2) is 0 Å². The highest BCUT2D eigenvalue weighted by atomic mass is 16.5. The first-order chi connectivity index (χ1) is 8.33. The Morgan fingerprint density at radius 2 is 2.29 bits per heavy atom. The molecule has 3 heteroatoms. The molecule has 0 bridgehead atoms. The quantitative estimate of drug-likeness (QED) is 0.797. The average Bonchev–Trinajstić information content (AvgIpc) is 2.38. The minimum absolute atomic E-state index is 0.205. The van der Waals surface area contributed by atoms with E-state index in [1.807, 2.05) is 18.2 Å². The summed E-state index contributed by atoms with van der Waals surface area (Å²) in [6, 6.07) is 8.00. The molecule has 1 aromatic carbocycles. The molecular formula is C14H20O3. The smallest absolute Gasteiger partial charge is 0.122 e. The third kappa shape index (κ3) is 2.99. The normalized spacial score (nSPS) is 20.5. The van der Waals surface area contributed by atoms with Crippen LogP contribution >= 0.6 is 0 Å². The molecule has 1 aliphatic heterocycles. The molecule has 2 rings (SSSR count). The van der Waals surface area contributed by atoms with Gasteiger partial charge in [-0.1, -0.05) is 18.2 Å². The summed E-state index contributed by atoms with van der Waals surface area (Å²) in [5, 5.41) is 10.2. The van der Waals surface area contributed by atoms with Crippen molar-refractivity contribution >= 4 is 0 Å². The third-order valence-electron chi connectivity index (χ3n) is 3.32. The van der Waals surface area contributed by atoms with E-state index in [1.54, 1.807) is 7.11 Å². The maximum absolute atomic E-state index is 10.2. The van der Waals surface area contributed by atoms with Crippen LogP contribution in [0.1, 0.15) is 30.7 Å². The van der Waals surface area contributed by atoms with E-state index in [-0.39, 0.29) is 12.0 Å². The summed E-state index contributed by atoms with van der Waals surface area (Å²) in [5.74, 6) is 1.13. The van der Waals surface area contributed by atoms with Crippen LogP contribution in [0, 0.1) is 0 Å². The van der Waals surface area contributed by atoms with E-state index in [2.05, 4.69) is 6.07 Å². The molecule has 1 aromatic rings. The number of aliphatic hydroxyl groups excluding tert-OH is 1. The van der Waals surface area contributed by atoms with Gasteiger partial charge < -0.3 is 14.6 Å². The highest BCUT2D eigenvalue weighted by molar-refractivity contribution is 5.38. The molecule has 0 fully saturated rings. The first-order valence-corrected chi connectivity index (χ1v) is 6.21. The van der Waals surface area contributed by atoms with Crippen molar-refractivity contribution in [2.24, 2.45) is 0 Å². The van der Waals surface area contributed by atoms with Crippen molar-refractivity contribution in [3.63, 3.8) is 0 Å². The molecular weight excluding hydrogens is 216 g/mol. The van der Waals surface area contributed by atoms with E-state index in [4.69, 9.17) is 9.47 Å². The van der Waals surface area contributed by atoms with Gasteiger partial charge in [-0.2, -0.15) is 0 Å². The lowest BCUT2D eigenvalue weighted by molar-refractivity contribution is 0.0948. The number of aliphatic hydroxyl groups is 1. The van der Waals surface area contributed by atoms with Crippen molar-refractivity contribution in [2.75, 3.05) is 20.3 Å². The molecule has 0 saturated heterocycles. The predicted molar refractivity (Wildman–Crippen MR) is 66.4 cm³/mol. The van der Waals surface area contributed by atoms with Crippen molar-refractivity contribution in [3.8, 4) is 5.75 Å². The van der Waals surface area contributed by atoms with Gasteiger partial charge in [0.2, 0.25) is 0 Å². The van der Waals surface area contributed by atoms with Crippen LogP contribution in [0.15, 0.2) is 24.3 Å². The van der Waals surface area contributed by atoms with Gasteiger partial charge in [-0.15, -0.1) is 0 Å². The van der Waals surface area contributed by atoms with Crippen LogP contribution in [0.5, 0.6) is 5.75 Å². The van der Waals surface area contributed by atoms with Crippen molar-refractivity contribution in [2.45, 2.75) is 31.3 Å². The summed E-state index contributed by atoms with van der Waals surface area (Å²) in [6.07, 6.45) is 2.28. The summed E-state index contributed by atoms with van der Waals surface area (Å²) < 4.78 is 10.6. The van der Waals surface area contributed by atoms with E-state index in [9.17, 15) is 5.11 Å². The molecule has 94 valence electrons. The van der Waals surface area contributed by atoms with Crippen LogP contribution in [0.4, 0.5) is 0 Å². The molecule has 17 heavy (non-hydrogen) atoms. The summed E-state index contributed by atoms with van der Waals surface area (Å²) in [6.45, 7) is 1.41. The second kappa shape index (κ2) is 6.03. The van der Waals surface area contributed by atoms with Gasteiger partial charge in [0.05, 0.1) is 12.7 Å². The Morgan fingerprint density at radius 3 is 3.12 bits per heavy atom. The van der Waals surface area contributed by atoms with Crippen LogP contribution in [0.25, 0.3) is 0 Å². The maximum Gasteiger partial charge on any atom is 0.122 e. The van der Waals surface area contributed by atoms with Crippen LogP contribution in [-0.2, 0) is 4.74 Å². The number of hydrogen-bond acceptors (Lipinski definition) is 3. The Labute approximate surface area is 102 Å². The molecule has 2 unspecified atom stereocenters. The largest absolute Gasteiger partial charge is 0.493 e. The standard InChI is InChI=1S/C14H20O3/c1-16-9-4-6-13(15)11-8-10-17-14-7-3-2-5-12(11)14/h2-3,5,7,11,13,15H,4,6,8-10H2,1H3. The van der Waals surface area contributed by atoms with Gasteiger partial charge in [-0.3, -0.25) is 0 Å². The molecule has 0 radical (unpaired) electrons. The lowest BCUT2D eigenvalue weighted by Gasteiger charge is -2.29. The molecule has 1 aliphatic rings. The Morgan fingerprint density at radius 1 is 1.47 bits per heavy atom. The average molecular weight is 236 g/mol. The number of para-hydroxylation sites is 1. The highest BCUT2D eigenvalue weighted by Gasteiger charge is 2.26. The third-order valence-corrected chi connectivity index (χ3v) is 3.32. The van der Waals surface area contributed by atoms with Crippen molar-refractivity contribution < 1.29 is 14.6 Å². The van der Waals surface area contributed by atoms with E-state index >= 15 is 0 Å². The zero-order valence-electron chi connectivity index (χ0n) is 10.3. The SMILES string of the molecule is COCCCC(O)C1CCOc2ccccc21. The zero-order chi connectivity index (χ0) is 12.1. The zero-order valence-corrected chi connectivity index (χ0v) is 10.3. The van der Waals surface area contributed by atoms with Gasteiger partial charge in [0.25, 0.3) is 0 Å². The number of hydrogen-bond donors (Lipinski definition) is 1. The van der Waals surface area contributed by atoms with Gasteiger partial charge >= 0.3 is 0 Å². The predicted octanol–water partition coefficient (Wildman–Crippen LogP) is 2.34. The lowest BCUT2D eigenvalue weighted by Crippen LogP contribution is -2.25. The van der Waals surface area contributed by atoms with Crippen molar-refractivity contribution in [1.82, 2.24) is 0 Å². The van der Waals surface area contributed by atoms with E-state index in [0.29, 0.717) is 13.2 Å². The number of fused-ring (bicyclic) bond motifs is 1. The molecule has 0 spiro atoms. The Balaban J connectivity index is 2.02. The minimum Gasteiger partial charge on any atom is -0.493 e. The molecule has 0 saturated carbocycles. The summed E-state index contributed by atoms with van der Waals surface area (Å²) >= 11 is 0. The van der Waals surface area contributed by atoms with Gasteiger partial charge in [-0.05, 0) is 30.9 Å². The molecule has 3 nitrogen and oxygen atoms in total. The second-order valence-corrected chi connectivity index (χ2v) is 4.48. The number of ether oxygens (including phenoxy) is 2. The highest BCUT2D eigenvalue weighted by Crippen LogP contribution is 2.36. The summed E-state index contributed by atoms with van der Waals surface area (Å²) in [5.41, 5.74) is 1.14. The van der Waals surface area contributed by atoms with Crippen LogP contribution in [0.3, 0.4) is 0 Å². The van der Waals surface area contributed by atoms with Crippen LogP contribution < -0.4 is 4.74 Å². The molecule has 0 aromatic heterocycles. The maximum atomic E-state index is 10.2. The van der Waals surface area contributed by atoms with Crippen molar-refractivity contribution in [3.05, 3.63) is 29.8 Å². The Kier molecular flexibility index (Phi) is 4.40. The summed E-state index contributed by atoms with van der Waals surface area (Å²) in [4.78, 5) is 0. The Hall–Kier alpha value is -1.06. The monoisotopic (exact) mass is 236 g/mol. The fraction of sp³-hybridized carbons (Fsp3) is 0.571. The van der Waals surface area contributed by atoms with E-state index in [0.717, 1.165) is 30.6 Å². The first kappa shape index (κ1) is 12.4. The number of methoxy groups -OCH3 is 1. The Bertz CT molecular complexity index is 351. The van der Waals surface area contributed by atoms with Gasteiger partial charge in [-0.25, -0.2) is 0 Å². The summed E-state index contributed by atoms with van der Waals surface area (Å²) in [7, 11) is 1.69. The van der Waals surface area contributed by atoms with Gasteiger partial charge in [0, 0.05) is 19.6 Å². The number of rotatable bonds is 5. The fourth-order valence-corrected chi connectivity index (χ4v) is 2.41.